The zero-order valence-corrected chi connectivity index (χ0v) is 24.3. The van der Waals surface area contributed by atoms with Gasteiger partial charge in [0.2, 0.25) is 5.91 Å². The van der Waals surface area contributed by atoms with Gasteiger partial charge in [-0.15, -0.1) is 0 Å². The van der Waals surface area contributed by atoms with E-state index in [4.69, 9.17) is 22.1 Å². The van der Waals surface area contributed by atoms with Gasteiger partial charge >= 0.3 is 12.2 Å². The topological polar surface area (TPSA) is 101 Å². The third-order valence-corrected chi connectivity index (χ3v) is 7.47. The largest absolute Gasteiger partial charge is 0.467 e. The molecule has 2 N–H and O–H groups in total. The summed E-state index contributed by atoms with van der Waals surface area (Å²) in [6.45, 7) is 8.74. The van der Waals surface area contributed by atoms with Crippen molar-refractivity contribution < 1.29 is 27.1 Å². The number of carbonyl (C=O) groups is 1. The fourth-order valence-electron chi connectivity index (χ4n) is 5.09. The van der Waals surface area contributed by atoms with Crippen LogP contribution in [0.1, 0.15) is 24.0 Å². The molecule has 0 radical (unpaired) electrons. The number of likely N-dealkylation sites (tertiary alicyclic amines) is 1. The molecule has 2 aliphatic rings. The highest BCUT2D eigenvalue weighted by molar-refractivity contribution is 6.34. The number of nitrogen functional groups attached to an aromatic ring is 1. The van der Waals surface area contributed by atoms with Gasteiger partial charge in [0.05, 0.1) is 29.0 Å². The van der Waals surface area contributed by atoms with E-state index >= 15 is 4.39 Å². The van der Waals surface area contributed by atoms with Gasteiger partial charge < -0.3 is 25.2 Å². The van der Waals surface area contributed by atoms with Gasteiger partial charge in [-0.25, -0.2) is 9.37 Å². The number of piperazine rings is 1. The summed E-state index contributed by atoms with van der Waals surface area (Å²) >= 11 is 6.38. The number of aromatic nitrogens is 3. The second-order valence-corrected chi connectivity index (χ2v) is 10.5. The number of alkyl halides is 3. The second-order valence-electron chi connectivity index (χ2n) is 10.1. The quantitative estimate of drug-likeness (QED) is 0.328. The zero-order chi connectivity index (χ0) is 30.8. The van der Waals surface area contributed by atoms with Gasteiger partial charge in [-0.1, -0.05) is 18.2 Å². The molecule has 2 aromatic heterocycles. The molecule has 0 spiro atoms. The van der Waals surface area contributed by atoms with E-state index in [2.05, 4.69) is 33.5 Å². The van der Waals surface area contributed by atoms with Crippen molar-refractivity contribution in [3.63, 3.8) is 0 Å². The molecule has 0 saturated carbocycles. The Bertz CT molecular complexity index is 1490. The number of amides is 1. The molecule has 2 aliphatic heterocycles. The van der Waals surface area contributed by atoms with Gasteiger partial charge in [0.25, 0.3) is 0 Å². The molecule has 0 unspecified atom stereocenters. The average Bonchev–Trinajstić information content (AvgIpc) is 3.42. The first-order valence-corrected chi connectivity index (χ1v) is 13.7. The van der Waals surface area contributed by atoms with Crippen molar-refractivity contribution >= 4 is 40.0 Å². The Labute approximate surface area is 245 Å². The smallest absolute Gasteiger partial charge is 0.418 e. The average molecular weight is 610 g/mol. The first-order valence-electron chi connectivity index (χ1n) is 13.3. The number of fused-ring (bicyclic) bond motifs is 1. The summed E-state index contributed by atoms with van der Waals surface area (Å²) in [6, 6.07) is 2.16. The number of hydrogen-bond donors (Lipinski definition) is 1. The molecule has 2 fully saturated rings. The number of methoxy groups -OCH3 is 1. The summed E-state index contributed by atoms with van der Waals surface area (Å²) in [4.78, 5) is 29.8. The highest BCUT2D eigenvalue weighted by Gasteiger charge is 2.38. The summed E-state index contributed by atoms with van der Waals surface area (Å²) in [5.74, 6) is -1.30. The van der Waals surface area contributed by atoms with Crippen LogP contribution < -0.4 is 15.4 Å². The van der Waals surface area contributed by atoms with Crippen LogP contribution in [0.5, 0.6) is 6.01 Å². The number of nitrogens with two attached hydrogens (primary N) is 1. The van der Waals surface area contributed by atoms with E-state index < -0.39 is 28.8 Å². The summed E-state index contributed by atoms with van der Waals surface area (Å²) in [7, 11) is 3.46. The van der Waals surface area contributed by atoms with E-state index in [-0.39, 0.29) is 45.0 Å². The number of halogens is 5. The molecule has 5 rings (SSSR count). The highest BCUT2D eigenvalue weighted by atomic mass is 35.5. The molecule has 4 heterocycles. The Morgan fingerprint density at radius 2 is 1.74 bits per heavy atom. The van der Waals surface area contributed by atoms with Gasteiger partial charge in [-0.05, 0) is 63.7 Å². The molecule has 2 saturated heterocycles. The third-order valence-electron chi connectivity index (χ3n) is 7.18. The van der Waals surface area contributed by atoms with Crippen molar-refractivity contribution in [2.75, 3.05) is 64.1 Å². The maximum Gasteiger partial charge on any atom is 0.418 e. The van der Waals surface area contributed by atoms with Crippen molar-refractivity contribution in [1.29, 1.82) is 0 Å². The van der Waals surface area contributed by atoms with Crippen LogP contribution in [0, 0.1) is 12.7 Å². The number of anilines is 2. The molecule has 0 aliphatic carbocycles. The van der Waals surface area contributed by atoms with Gasteiger partial charge in [0.15, 0.2) is 5.82 Å². The Hall–Kier alpha value is -3.71. The standard InChI is InChI=1S/C23H21ClF4N6O2.C5H11N/c1-4-15(35)33-5-7-34(8-6-33)21-12-10-13(24)16(18(25)19(12)31-22(32-21)36-3)20-17(23(26,27)28)11(2)9-14(29)30-20;1-6-4-2-3-5-6/h4,9-10H,1,5-8H2,2-3H3,(H2,29,30);2-5H2,1H3. The lowest BCUT2D eigenvalue weighted by Crippen LogP contribution is -2.48. The predicted molar refractivity (Wildman–Crippen MR) is 154 cm³/mol. The van der Waals surface area contributed by atoms with Gasteiger partial charge in [-0.3, -0.25) is 4.79 Å². The van der Waals surface area contributed by atoms with Crippen LogP contribution in [0.4, 0.5) is 29.2 Å². The minimum atomic E-state index is -4.85. The minimum Gasteiger partial charge on any atom is -0.467 e. The molecular formula is C28H32ClF4N7O2. The SMILES string of the molecule is C=CC(=O)N1CCN(c2nc(OC)nc3c(F)c(-c4nc(N)cc(C)c4C(F)(F)F)c(Cl)cc23)CC1.CN1CCCC1. The number of ether oxygens (including phenoxy) is 1. The van der Waals surface area contributed by atoms with E-state index in [1.807, 2.05) is 0 Å². The summed E-state index contributed by atoms with van der Waals surface area (Å²) < 4.78 is 62.8. The first-order chi connectivity index (χ1) is 19.8. The van der Waals surface area contributed by atoms with E-state index in [1.54, 1.807) is 9.80 Å². The molecule has 42 heavy (non-hydrogen) atoms. The molecule has 1 amide bonds. The van der Waals surface area contributed by atoms with E-state index in [1.165, 1.54) is 52.1 Å². The van der Waals surface area contributed by atoms with Crippen LogP contribution in [0.25, 0.3) is 22.2 Å². The Morgan fingerprint density at radius 1 is 1.10 bits per heavy atom. The lowest BCUT2D eigenvalue weighted by atomic mass is 9.99. The molecule has 0 atom stereocenters. The number of carbonyl (C=O) groups excluding carboxylic acids is 1. The van der Waals surface area contributed by atoms with Gasteiger partial charge in [0, 0.05) is 31.6 Å². The normalized spacial score (nSPS) is 15.9. The molecule has 3 aromatic rings. The van der Waals surface area contributed by atoms with Gasteiger partial charge in [-0.2, -0.15) is 23.1 Å². The number of hydrogen-bond acceptors (Lipinski definition) is 8. The van der Waals surface area contributed by atoms with Crippen LogP contribution in [0.15, 0.2) is 24.8 Å². The maximum absolute atomic E-state index is 16.0. The molecule has 0 bridgehead atoms. The van der Waals surface area contributed by atoms with Crippen molar-refractivity contribution in [1.82, 2.24) is 24.8 Å². The number of nitrogens with zero attached hydrogens (tertiary/aromatic N) is 6. The van der Waals surface area contributed by atoms with Crippen molar-refractivity contribution in [3.8, 4) is 17.3 Å². The van der Waals surface area contributed by atoms with Crippen LogP contribution >= 0.6 is 11.6 Å². The minimum absolute atomic E-state index is 0.166. The summed E-state index contributed by atoms with van der Waals surface area (Å²) in [5, 5.41) is -0.154. The van der Waals surface area contributed by atoms with Crippen molar-refractivity contribution in [2.45, 2.75) is 25.9 Å². The Kier molecular flexibility index (Phi) is 9.41. The lowest BCUT2D eigenvalue weighted by Gasteiger charge is -2.35. The van der Waals surface area contributed by atoms with Crippen molar-refractivity contribution in [2.24, 2.45) is 0 Å². The van der Waals surface area contributed by atoms with Gasteiger partial charge in [0.1, 0.15) is 17.2 Å². The first kappa shape index (κ1) is 31.2. The predicted octanol–water partition coefficient (Wildman–Crippen LogP) is 4.95. The van der Waals surface area contributed by atoms with Crippen LogP contribution in [-0.4, -0.2) is 84.1 Å². The number of aryl methyl sites for hydroxylation is 1. The lowest BCUT2D eigenvalue weighted by molar-refractivity contribution is -0.137. The monoisotopic (exact) mass is 609 g/mol. The Morgan fingerprint density at radius 3 is 2.26 bits per heavy atom. The maximum atomic E-state index is 16.0. The Balaban J connectivity index is 0.000000600. The molecular weight excluding hydrogens is 578 g/mol. The fraction of sp³-hybridized carbons (Fsp3) is 0.429. The summed E-state index contributed by atoms with van der Waals surface area (Å²) in [5.41, 5.74) is 2.71. The van der Waals surface area contributed by atoms with E-state index in [0.717, 1.165) is 6.07 Å². The van der Waals surface area contributed by atoms with Crippen LogP contribution in [0.2, 0.25) is 5.02 Å². The summed E-state index contributed by atoms with van der Waals surface area (Å²) in [6.07, 6.45) is -0.800. The highest BCUT2D eigenvalue weighted by Crippen LogP contribution is 2.44. The van der Waals surface area contributed by atoms with E-state index in [9.17, 15) is 18.0 Å². The second kappa shape index (κ2) is 12.7. The molecule has 9 nitrogen and oxygen atoms in total. The number of pyridine rings is 1. The van der Waals surface area contributed by atoms with Crippen LogP contribution in [-0.2, 0) is 11.0 Å². The number of rotatable bonds is 4. The molecule has 14 heteroatoms. The molecule has 226 valence electrons. The fourth-order valence-corrected chi connectivity index (χ4v) is 5.37. The number of benzene rings is 1. The van der Waals surface area contributed by atoms with Crippen molar-refractivity contribution in [3.05, 3.63) is 46.8 Å². The van der Waals surface area contributed by atoms with Crippen LogP contribution in [0.3, 0.4) is 0 Å². The third kappa shape index (κ3) is 6.51. The molecule has 1 aromatic carbocycles. The zero-order valence-electron chi connectivity index (χ0n) is 23.6. The van der Waals surface area contributed by atoms with E-state index in [0.29, 0.717) is 26.2 Å².